The molecule has 10 N–H and O–H groups in total. The number of amides is 8. The molecule has 2 aromatic carbocycles. The van der Waals surface area contributed by atoms with E-state index in [1.54, 1.807) is 77.1 Å². The number of cyclic esters (lactones) is 2. The van der Waals surface area contributed by atoms with Crippen molar-refractivity contribution in [1.29, 1.82) is 0 Å². The van der Waals surface area contributed by atoms with Crippen molar-refractivity contribution in [3.63, 3.8) is 0 Å². The molecule has 104 heavy (non-hydrogen) atoms. The molecular weight excluding hydrogens is 1420 g/mol. The summed E-state index contributed by atoms with van der Waals surface area (Å²) in [5, 5.41) is 49.8. The Kier molecular flexibility index (Phi) is 36.8. The number of methoxy groups -OCH3 is 2. The van der Waals surface area contributed by atoms with E-state index in [1.165, 1.54) is 32.4 Å². The van der Waals surface area contributed by atoms with Crippen molar-refractivity contribution in [2.45, 2.75) is 186 Å². The molecule has 2 saturated heterocycles. The van der Waals surface area contributed by atoms with Crippen LogP contribution in [-0.4, -0.2) is 225 Å². The molecule has 0 bridgehead atoms. The molecule has 572 valence electrons. The van der Waals surface area contributed by atoms with Crippen molar-refractivity contribution < 1.29 is 144 Å². The number of nitrogens with zero attached hydrogens (tertiary/aromatic N) is 1. The Morgan fingerprint density at radius 2 is 1.50 bits per heavy atom. The van der Waals surface area contributed by atoms with Gasteiger partial charge in [0.2, 0.25) is 47.3 Å². The van der Waals surface area contributed by atoms with Gasteiger partial charge in [0.15, 0.2) is 12.4 Å². The third-order valence-electron chi connectivity index (χ3n) is 17.2. The number of benzene rings is 2. The Morgan fingerprint density at radius 1 is 0.827 bits per heavy atom. The Bertz CT molecular complexity index is 3440. The van der Waals surface area contributed by atoms with E-state index in [0.29, 0.717) is 22.4 Å². The summed E-state index contributed by atoms with van der Waals surface area (Å²) in [5.41, 5.74) is 0.528. The number of hydrogen-bond acceptors (Lipinski definition) is 24. The molecule has 0 radical (unpaired) electrons. The quantitative estimate of drug-likeness (QED) is 0.00852. The smallest absolute Gasteiger partial charge is 0.748 e. The number of carbonyl (C=O) groups excluding carboxylic acids is 11. The van der Waals surface area contributed by atoms with E-state index < -0.39 is 204 Å². The van der Waals surface area contributed by atoms with E-state index in [9.17, 15) is 81.0 Å². The van der Waals surface area contributed by atoms with Gasteiger partial charge in [-0.25, -0.2) is 13.2 Å². The number of esters is 3. The molecule has 3 heterocycles. The molecule has 0 aliphatic carbocycles. The zero-order valence-electron chi connectivity index (χ0n) is 60.3. The van der Waals surface area contributed by atoms with Crippen LogP contribution in [0.5, 0.6) is 5.75 Å². The first kappa shape index (κ1) is 89.2. The fourth-order valence-corrected chi connectivity index (χ4v) is 11.6. The van der Waals surface area contributed by atoms with Gasteiger partial charge in [0.05, 0.1) is 45.9 Å². The van der Waals surface area contributed by atoms with E-state index in [-0.39, 0.29) is 112 Å². The van der Waals surface area contributed by atoms with Gasteiger partial charge in [0.1, 0.15) is 67.1 Å². The second-order valence-corrected chi connectivity index (χ2v) is 28.7. The first-order valence-electron chi connectivity index (χ1n) is 33.9. The summed E-state index contributed by atoms with van der Waals surface area (Å²) in [5.74, 6) is -9.77. The second-order valence-electron chi connectivity index (χ2n) is 26.7. The molecule has 3 aliphatic rings. The zero-order valence-corrected chi connectivity index (χ0v) is 63.9. The Balaban J connectivity index is 0.0000229. The number of aliphatic hydroxyl groups excluding tert-OH is 3. The first-order valence-corrected chi connectivity index (χ1v) is 35.8. The van der Waals surface area contributed by atoms with Crippen LogP contribution in [-0.2, 0) is 104 Å². The van der Waals surface area contributed by atoms with Gasteiger partial charge in [-0.15, -0.1) is 0 Å². The van der Waals surface area contributed by atoms with Crippen molar-refractivity contribution in [3.05, 3.63) is 89.0 Å². The molecule has 0 aromatic heterocycles. The number of rotatable bonds is 35. The van der Waals surface area contributed by atoms with Crippen molar-refractivity contribution in [1.82, 2.24) is 42.1 Å². The molecular formula is C69H98ClN8NaO24S. The average Bonchev–Trinajstić information content (AvgIpc) is 1.21. The molecule has 32 nitrogen and oxygen atoms in total. The number of hydrogen-bond donors (Lipinski definition) is 10. The molecule has 2 aromatic rings. The summed E-state index contributed by atoms with van der Waals surface area (Å²) in [7, 11) is -1.97. The number of ether oxygens (including phenoxy) is 7. The largest absolute Gasteiger partial charge is 1.00 e. The average molecular weight is 1510 g/mol. The van der Waals surface area contributed by atoms with Gasteiger partial charge >= 0.3 is 47.5 Å². The maximum Gasteiger partial charge on any atom is 1.00 e. The van der Waals surface area contributed by atoms with Gasteiger partial charge < -0.3 is 95.1 Å². The predicted molar refractivity (Wildman–Crippen MR) is 367 cm³/mol. The maximum atomic E-state index is 14.2. The van der Waals surface area contributed by atoms with Crippen LogP contribution in [0.4, 0.5) is 0 Å². The van der Waals surface area contributed by atoms with Crippen LogP contribution in [0.3, 0.4) is 0 Å². The van der Waals surface area contributed by atoms with Gasteiger partial charge in [0, 0.05) is 90.8 Å². The Labute approximate surface area is 632 Å². The molecule has 13 atom stereocenters. The van der Waals surface area contributed by atoms with Crippen LogP contribution < -0.4 is 71.5 Å². The van der Waals surface area contributed by atoms with E-state index in [4.69, 9.17) is 44.8 Å². The van der Waals surface area contributed by atoms with Crippen molar-refractivity contribution in [2.24, 2.45) is 23.2 Å². The fourth-order valence-electron chi connectivity index (χ4n) is 11.0. The van der Waals surface area contributed by atoms with Gasteiger partial charge in [-0.05, 0) is 73.4 Å². The molecule has 2 fully saturated rings. The second kappa shape index (κ2) is 42.9. The number of epoxide rings is 1. The van der Waals surface area contributed by atoms with Crippen molar-refractivity contribution in [2.75, 3.05) is 59.3 Å². The summed E-state index contributed by atoms with van der Waals surface area (Å²) in [6.45, 7) is 13.4. The summed E-state index contributed by atoms with van der Waals surface area (Å²) < 4.78 is 72.0. The number of halogens is 1. The summed E-state index contributed by atoms with van der Waals surface area (Å²) in [6, 6.07) is 7.99. The maximum absolute atomic E-state index is 14.2. The van der Waals surface area contributed by atoms with Crippen LogP contribution >= 0.6 is 11.6 Å². The molecule has 0 unspecified atom stereocenters. The SMILES string of the molecule is C=CCOC(=O)CCN(CCC(=O)N[C@H](C(=O)N[C@@H](CCC(=O)NC[C@H]1O[C@@H](OC)[C@H](O)[C@@H](O)[C@@H]1O)C(=O)NCc1ccc([C@H]2O[C@@H]2[C@@H](C)[C@@H]2C/C=C\C(=O)N[C@H](Cc3ccc(OC)c(Cl)c3)C(=O)NCC(C)(C)C(=O)O[C@@H](CC(C)C)C(=O)O2)cc1)C(C)C)C(=O)CCC(=O)NCCS(=O)(=O)[O-].[Na+]. The molecule has 5 rings (SSSR count). The van der Waals surface area contributed by atoms with E-state index in [0.717, 1.165) is 4.90 Å². The van der Waals surface area contributed by atoms with E-state index in [1.807, 2.05) is 13.8 Å². The minimum absolute atomic E-state index is 0. The molecule has 8 amide bonds. The third kappa shape index (κ3) is 29.3. The summed E-state index contributed by atoms with van der Waals surface area (Å²) in [4.78, 5) is 150. The van der Waals surface area contributed by atoms with Gasteiger partial charge in [-0.2, -0.15) is 0 Å². The Morgan fingerprint density at radius 3 is 2.13 bits per heavy atom. The number of carbonyl (C=O) groups is 11. The molecule has 3 aliphatic heterocycles. The van der Waals surface area contributed by atoms with Crippen LogP contribution in [0.25, 0.3) is 0 Å². The van der Waals surface area contributed by atoms with Gasteiger partial charge in [-0.3, -0.25) is 47.9 Å². The van der Waals surface area contributed by atoms with Crippen LogP contribution in [0.1, 0.15) is 123 Å². The van der Waals surface area contributed by atoms with Crippen molar-refractivity contribution >= 4 is 86.9 Å². The standard InChI is InChI=1S/C69H99ClN8O24S.Na/c1-11-30-98-56(84)26-29-78(55(83)24-23-51(79)71-27-31-103(93,94)95)28-25-54(82)77-57(39(4)5)65(90)76-45(20-22-52(80)72-36-50-58(85)59(86)60(87)67(97-10)100-50)63(88)73-35-41-15-18-43(19-16-41)62-61(102-62)40(6)47-13-12-14-53(81)75-46(34-42-17-21-48(96-9)44(70)33-42)64(89)74-37-69(7,8)68(92)101-49(32-38(2)3)66(91)99-47;/h11-12,14-19,21,33,38-40,45-47,49-50,57-62,67,85-87H,1,13,20,22-32,34-37H2,2-10H3,(H,71,79)(H,72,80)(H,73,88)(H,74,89)(H,75,81)(H,76,90)(H,77,82)(H,93,94,95);/q;+1/p-1/b14-12-;/t40-,45-,46+,47-,49-,50+,57-,58+,59-,60+,61+,62+,67+;/m0./s1. The van der Waals surface area contributed by atoms with Crippen LogP contribution in [0.2, 0.25) is 5.02 Å². The minimum Gasteiger partial charge on any atom is -0.748 e. The molecule has 0 spiro atoms. The third-order valence-corrected chi connectivity index (χ3v) is 18.2. The fraction of sp³-hybridized carbons (Fsp3) is 0.609. The predicted octanol–water partition coefficient (Wildman–Crippen LogP) is -2.50. The minimum atomic E-state index is -4.63. The first-order chi connectivity index (χ1) is 48.5. The van der Waals surface area contributed by atoms with Gasteiger partial charge in [0.25, 0.3) is 0 Å². The number of nitrogens with one attached hydrogen (secondary N) is 7. The summed E-state index contributed by atoms with van der Waals surface area (Å²) in [6.07, 6.45) is -9.02. The van der Waals surface area contributed by atoms with Crippen LogP contribution in [0.15, 0.2) is 67.3 Å². The van der Waals surface area contributed by atoms with E-state index in [2.05, 4.69) is 43.8 Å². The Hall–Kier alpha value is -7.15. The van der Waals surface area contributed by atoms with Crippen molar-refractivity contribution in [3.8, 4) is 5.75 Å². The summed E-state index contributed by atoms with van der Waals surface area (Å²) >= 11 is 6.40. The molecule has 0 saturated carbocycles. The molecule has 35 heteroatoms. The normalized spacial score (nSPS) is 23.3. The topological polar surface area (TPSA) is 461 Å². The van der Waals surface area contributed by atoms with Gasteiger partial charge in [-0.1, -0.05) is 95.3 Å². The zero-order chi connectivity index (χ0) is 76.5. The monoisotopic (exact) mass is 1510 g/mol. The number of aliphatic hydroxyl groups is 3. The van der Waals surface area contributed by atoms with Crippen LogP contribution in [0, 0.1) is 23.2 Å². The van der Waals surface area contributed by atoms with E-state index >= 15 is 0 Å².